The normalized spacial score (nSPS) is 16.6. The van der Waals surface area contributed by atoms with Gasteiger partial charge in [-0.3, -0.25) is 15.0 Å². The minimum Gasteiger partial charge on any atom is -0.497 e. The van der Waals surface area contributed by atoms with Crippen molar-refractivity contribution in [1.29, 1.82) is 5.26 Å². The zero-order valence-corrected chi connectivity index (χ0v) is 16.7. The number of anilines is 1. The SMILES string of the molecule is COc1ccc(OC)c(C2CCCN2CC(=O)Nc2oc(C)c(C)c2C#N)c1. The molecule has 0 aliphatic carbocycles. The lowest BCUT2D eigenvalue weighted by Gasteiger charge is -2.25. The fraction of sp³-hybridized carbons (Fsp3) is 0.429. The third-order valence-electron chi connectivity index (χ3n) is 5.26. The Kier molecular flexibility index (Phi) is 5.90. The van der Waals surface area contributed by atoms with Crippen molar-refractivity contribution < 1.29 is 18.7 Å². The third kappa shape index (κ3) is 3.82. The van der Waals surface area contributed by atoms with Crippen LogP contribution in [0.15, 0.2) is 22.6 Å². The average Bonchev–Trinajstić information content (AvgIpc) is 3.25. The molecule has 1 aromatic carbocycles. The Balaban J connectivity index is 1.77. The van der Waals surface area contributed by atoms with E-state index in [9.17, 15) is 10.1 Å². The first-order valence-electron chi connectivity index (χ1n) is 9.24. The largest absolute Gasteiger partial charge is 0.497 e. The van der Waals surface area contributed by atoms with Gasteiger partial charge in [-0.2, -0.15) is 5.26 Å². The molecule has 1 aliphatic rings. The van der Waals surface area contributed by atoms with Gasteiger partial charge in [0.2, 0.25) is 11.8 Å². The van der Waals surface area contributed by atoms with Crippen molar-refractivity contribution in [2.45, 2.75) is 32.7 Å². The van der Waals surface area contributed by atoms with Crippen LogP contribution in [0.3, 0.4) is 0 Å². The smallest absolute Gasteiger partial charge is 0.240 e. The van der Waals surface area contributed by atoms with Crippen LogP contribution >= 0.6 is 0 Å². The molecule has 7 nitrogen and oxygen atoms in total. The number of hydrogen-bond acceptors (Lipinski definition) is 6. The van der Waals surface area contributed by atoms with Gasteiger partial charge in [0.25, 0.3) is 0 Å². The quantitative estimate of drug-likeness (QED) is 0.821. The van der Waals surface area contributed by atoms with Crippen LogP contribution in [0.2, 0.25) is 0 Å². The molecule has 1 fully saturated rings. The first kappa shape index (κ1) is 19.8. The maximum Gasteiger partial charge on any atom is 0.240 e. The van der Waals surface area contributed by atoms with Gasteiger partial charge in [0.15, 0.2) is 0 Å². The van der Waals surface area contributed by atoms with Gasteiger partial charge >= 0.3 is 0 Å². The highest BCUT2D eigenvalue weighted by molar-refractivity contribution is 5.92. The van der Waals surface area contributed by atoms with Gasteiger partial charge in [0, 0.05) is 17.2 Å². The molecule has 3 rings (SSSR count). The molecule has 28 heavy (non-hydrogen) atoms. The number of nitrogens with zero attached hydrogens (tertiary/aromatic N) is 2. The molecule has 0 spiro atoms. The van der Waals surface area contributed by atoms with Gasteiger partial charge in [-0.25, -0.2) is 0 Å². The summed E-state index contributed by atoms with van der Waals surface area (Å²) in [6.07, 6.45) is 1.92. The van der Waals surface area contributed by atoms with Crippen LogP contribution < -0.4 is 14.8 Å². The van der Waals surface area contributed by atoms with E-state index in [1.54, 1.807) is 28.1 Å². The Morgan fingerprint density at radius 1 is 1.36 bits per heavy atom. The molecular weight excluding hydrogens is 358 g/mol. The molecule has 0 radical (unpaired) electrons. The van der Waals surface area contributed by atoms with Crippen molar-refractivity contribution in [3.05, 3.63) is 40.6 Å². The van der Waals surface area contributed by atoms with Gasteiger partial charge in [-0.05, 0) is 51.4 Å². The summed E-state index contributed by atoms with van der Waals surface area (Å²) in [5.41, 5.74) is 2.13. The summed E-state index contributed by atoms with van der Waals surface area (Å²) in [5, 5.41) is 12.1. The van der Waals surface area contributed by atoms with Gasteiger partial charge in [0.05, 0.1) is 20.8 Å². The van der Waals surface area contributed by atoms with Gasteiger partial charge in [-0.1, -0.05) is 0 Å². The number of aryl methyl sites for hydroxylation is 1. The van der Waals surface area contributed by atoms with E-state index in [0.29, 0.717) is 11.3 Å². The second-order valence-electron chi connectivity index (χ2n) is 6.88. The van der Waals surface area contributed by atoms with Crippen LogP contribution in [-0.2, 0) is 4.79 Å². The Bertz CT molecular complexity index is 913. The van der Waals surface area contributed by atoms with Crippen molar-refractivity contribution in [3.63, 3.8) is 0 Å². The Morgan fingerprint density at radius 2 is 2.14 bits per heavy atom. The fourth-order valence-corrected chi connectivity index (χ4v) is 3.67. The van der Waals surface area contributed by atoms with Crippen LogP contribution in [0.5, 0.6) is 11.5 Å². The molecule has 1 aromatic heterocycles. The van der Waals surface area contributed by atoms with E-state index in [1.807, 2.05) is 18.2 Å². The standard InChI is InChI=1S/C21H25N3O4/c1-13-14(2)28-21(17(13)11-22)23-20(25)12-24-9-5-6-18(24)16-10-15(26-3)7-8-19(16)27-4/h7-8,10,18H,5-6,9,12H2,1-4H3,(H,23,25). The number of carbonyl (C=O) groups is 1. The lowest BCUT2D eigenvalue weighted by molar-refractivity contribution is -0.117. The van der Waals surface area contributed by atoms with Crippen molar-refractivity contribution in [2.24, 2.45) is 0 Å². The zero-order chi connectivity index (χ0) is 20.3. The summed E-state index contributed by atoms with van der Waals surface area (Å²) in [6, 6.07) is 7.87. The van der Waals surface area contributed by atoms with Gasteiger partial charge in [0.1, 0.15) is 28.9 Å². The molecule has 7 heteroatoms. The van der Waals surface area contributed by atoms with Gasteiger partial charge in [-0.15, -0.1) is 0 Å². The third-order valence-corrected chi connectivity index (χ3v) is 5.26. The second kappa shape index (κ2) is 8.36. The minimum atomic E-state index is -0.209. The molecule has 1 N–H and O–H groups in total. The van der Waals surface area contributed by atoms with Crippen LogP contribution in [-0.4, -0.2) is 38.1 Å². The summed E-state index contributed by atoms with van der Waals surface area (Å²) in [6.45, 7) is 4.59. The summed E-state index contributed by atoms with van der Waals surface area (Å²) >= 11 is 0. The van der Waals surface area contributed by atoms with E-state index in [-0.39, 0.29) is 24.4 Å². The van der Waals surface area contributed by atoms with Crippen molar-refractivity contribution >= 4 is 11.8 Å². The van der Waals surface area contributed by atoms with Crippen molar-refractivity contribution in [2.75, 3.05) is 32.6 Å². The number of ether oxygens (including phenoxy) is 2. The molecule has 1 aliphatic heterocycles. The number of benzene rings is 1. The first-order chi connectivity index (χ1) is 13.5. The maximum absolute atomic E-state index is 12.6. The second-order valence-corrected chi connectivity index (χ2v) is 6.88. The predicted octanol–water partition coefficient (Wildman–Crippen LogP) is 3.56. The molecule has 1 unspecified atom stereocenters. The molecule has 148 valence electrons. The van der Waals surface area contributed by atoms with Crippen molar-refractivity contribution in [1.82, 2.24) is 4.90 Å². The predicted molar refractivity (Wildman–Crippen MR) is 105 cm³/mol. The average molecular weight is 383 g/mol. The molecule has 0 bridgehead atoms. The number of rotatable bonds is 6. The molecule has 1 atom stereocenters. The summed E-state index contributed by atoms with van der Waals surface area (Å²) in [4.78, 5) is 14.7. The molecule has 1 saturated heterocycles. The number of hydrogen-bond donors (Lipinski definition) is 1. The first-order valence-corrected chi connectivity index (χ1v) is 9.24. The van der Waals surface area contributed by atoms with E-state index in [4.69, 9.17) is 13.9 Å². The van der Waals surface area contributed by atoms with Crippen LogP contribution in [0.4, 0.5) is 5.88 Å². The Hall–Kier alpha value is -2.98. The summed E-state index contributed by atoms with van der Waals surface area (Å²) in [7, 11) is 3.27. The minimum absolute atomic E-state index is 0.0614. The number of nitriles is 1. The van der Waals surface area contributed by atoms with Crippen LogP contribution in [0.25, 0.3) is 0 Å². The number of amides is 1. The van der Waals surface area contributed by atoms with E-state index in [0.717, 1.165) is 42.0 Å². The fourth-order valence-electron chi connectivity index (χ4n) is 3.67. The number of nitrogens with one attached hydrogen (secondary N) is 1. The van der Waals surface area contributed by atoms with E-state index in [2.05, 4.69) is 16.3 Å². The number of furan rings is 1. The van der Waals surface area contributed by atoms with E-state index >= 15 is 0 Å². The van der Waals surface area contributed by atoms with Crippen LogP contribution in [0, 0.1) is 25.2 Å². The number of likely N-dealkylation sites (tertiary alicyclic amines) is 1. The molecular formula is C21H25N3O4. The lowest BCUT2D eigenvalue weighted by atomic mass is 10.0. The summed E-state index contributed by atoms with van der Waals surface area (Å²) < 4.78 is 16.4. The molecule has 0 saturated carbocycles. The summed E-state index contributed by atoms with van der Waals surface area (Å²) in [5.74, 6) is 2.18. The van der Waals surface area contributed by atoms with Crippen LogP contribution in [0.1, 0.15) is 41.3 Å². The highest BCUT2D eigenvalue weighted by Crippen LogP contribution is 2.38. The molecule has 1 amide bonds. The number of carbonyl (C=O) groups excluding carboxylic acids is 1. The number of methoxy groups -OCH3 is 2. The zero-order valence-electron chi connectivity index (χ0n) is 16.7. The topological polar surface area (TPSA) is 87.7 Å². The maximum atomic E-state index is 12.6. The van der Waals surface area contributed by atoms with E-state index < -0.39 is 0 Å². The lowest BCUT2D eigenvalue weighted by Crippen LogP contribution is -2.33. The monoisotopic (exact) mass is 383 g/mol. The van der Waals surface area contributed by atoms with Crippen molar-refractivity contribution in [3.8, 4) is 17.6 Å². The van der Waals surface area contributed by atoms with Gasteiger partial charge < -0.3 is 13.9 Å². The Morgan fingerprint density at radius 3 is 2.82 bits per heavy atom. The highest BCUT2D eigenvalue weighted by atomic mass is 16.5. The van der Waals surface area contributed by atoms with E-state index in [1.165, 1.54) is 0 Å². The molecule has 2 heterocycles. The Labute approximate surface area is 164 Å². The molecule has 2 aromatic rings. The highest BCUT2D eigenvalue weighted by Gasteiger charge is 2.30.